The van der Waals surface area contributed by atoms with Crippen molar-refractivity contribution in [2.45, 2.75) is 70.6 Å². The molecule has 1 fully saturated rings. The van der Waals surface area contributed by atoms with Gasteiger partial charge in [0.25, 0.3) is 0 Å². The van der Waals surface area contributed by atoms with Gasteiger partial charge in [0, 0.05) is 18.9 Å². The fourth-order valence-electron chi connectivity index (χ4n) is 2.83. The van der Waals surface area contributed by atoms with Crippen LogP contribution in [0.3, 0.4) is 0 Å². The normalized spacial score (nSPS) is 19.5. The zero-order valence-corrected chi connectivity index (χ0v) is 12.5. The standard InChI is InChI=1S/C16H32N2O/c17-12-8-6-4-2-1-3-5-7-11-16(19)15-10-9-13-18-14-15/h15,18H,1-14,17H2. The van der Waals surface area contributed by atoms with Gasteiger partial charge in [0.05, 0.1) is 0 Å². The highest BCUT2D eigenvalue weighted by Gasteiger charge is 2.19. The van der Waals surface area contributed by atoms with Crippen molar-refractivity contribution in [1.82, 2.24) is 5.32 Å². The van der Waals surface area contributed by atoms with Gasteiger partial charge in [-0.05, 0) is 38.8 Å². The fourth-order valence-corrected chi connectivity index (χ4v) is 2.83. The van der Waals surface area contributed by atoms with Crippen LogP contribution < -0.4 is 11.1 Å². The summed E-state index contributed by atoms with van der Waals surface area (Å²) in [4.78, 5) is 12.0. The first-order chi connectivity index (χ1) is 9.34. The molecule has 1 unspecified atom stereocenters. The molecule has 1 rings (SSSR count). The van der Waals surface area contributed by atoms with Gasteiger partial charge in [0.15, 0.2) is 0 Å². The zero-order valence-electron chi connectivity index (χ0n) is 12.5. The molecule has 1 atom stereocenters. The minimum atomic E-state index is 0.310. The second-order valence-corrected chi connectivity index (χ2v) is 5.88. The molecule has 19 heavy (non-hydrogen) atoms. The van der Waals surface area contributed by atoms with E-state index in [1.807, 2.05) is 0 Å². The highest BCUT2D eigenvalue weighted by Crippen LogP contribution is 2.16. The molecule has 0 spiro atoms. The highest BCUT2D eigenvalue weighted by molar-refractivity contribution is 5.81. The van der Waals surface area contributed by atoms with E-state index in [9.17, 15) is 4.79 Å². The van der Waals surface area contributed by atoms with Gasteiger partial charge in [-0.25, -0.2) is 0 Å². The minimum absolute atomic E-state index is 0.310. The smallest absolute Gasteiger partial charge is 0.137 e. The lowest BCUT2D eigenvalue weighted by Crippen LogP contribution is -2.34. The topological polar surface area (TPSA) is 55.1 Å². The van der Waals surface area contributed by atoms with Gasteiger partial charge in [-0.2, -0.15) is 0 Å². The fraction of sp³-hybridized carbons (Fsp3) is 0.938. The number of nitrogens with two attached hydrogens (primary N) is 1. The van der Waals surface area contributed by atoms with Gasteiger partial charge < -0.3 is 11.1 Å². The quantitative estimate of drug-likeness (QED) is 0.566. The zero-order chi connectivity index (χ0) is 13.8. The van der Waals surface area contributed by atoms with E-state index >= 15 is 0 Å². The number of hydrogen-bond acceptors (Lipinski definition) is 3. The minimum Gasteiger partial charge on any atom is -0.330 e. The van der Waals surface area contributed by atoms with E-state index < -0.39 is 0 Å². The Morgan fingerprint density at radius 1 is 1.00 bits per heavy atom. The molecule has 3 nitrogen and oxygen atoms in total. The molecule has 0 aromatic heterocycles. The van der Waals surface area contributed by atoms with Crippen LogP contribution in [0.4, 0.5) is 0 Å². The van der Waals surface area contributed by atoms with Crippen molar-refractivity contribution in [3.05, 3.63) is 0 Å². The molecule has 3 heteroatoms. The Bertz CT molecular complexity index is 225. The Balaban J connectivity index is 1.86. The molecule has 0 aromatic rings. The number of ketones is 1. The van der Waals surface area contributed by atoms with E-state index in [0.717, 1.165) is 38.9 Å². The van der Waals surface area contributed by atoms with Crippen LogP contribution in [0, 0.1) is 5.92 Å². The van der Waals surface area contributed by atoms with Crippen LogP contribution in [-0.4, -0.2) is 25.4 Å². The SMILES string of the molecule is NCCCCCCCCCCC(=O)C1CCCNC1. The lowest BCUT2D eigenvalue weighted by Gasteiger charge is -2.21. The summed E-state index contributed by atoms with van der Waals surface area (Å²) in [5.74, 6) is 0.806. The number of nitrogens with one attached hydrogen (secondary N) is 1. The molecule has 1 heterocycles. The number of Topliss-reactive ketones (excluding diaryl/α,β-unsaturated/α-hetero) is 1. The lowest BCUT2D eigenvalue weighted by atomic mass is 9.92. The van der Waals surface area contributed by atoms with Gasteiger partial charge in [-0.15, -0.1) is 0 Å². The second-order valence-electron chi connectivity index (χ2n) is 5.88. The Hall–Kier alpha value is -0.410. The van der Waals surface area contributed by atoms with Crippen molar-refractivity contribution >= 4 is 5.78 Å². The summed E-state index contributed by atoms with van der Waals surface area (Å²) < 4.78 is 0. The van der Waals surface area contributed by atoms with Crippen molar-refractivity contribution in [3.63, 3.8) is 0 Å². The molecule has 0 saturated carbocycles. The van der Waals surface area contributed by atoms with E-state index in [2.05, 4.69) is 5.32 Å². The summed E-state index contributed by atoms with van der Waals surface area (Å²) in [6, 6.07) is 0. The predicted molar refractivity (Wildman–Crippen MR) is 81.2 cm³/mol. The molecule has 0 bridgehead atoms. The van der Waals surface area contributed by atoms with Crippen LogP contribution in [0.2, 0.25) is 0 Å². The number of rotatable bonds is 11. The van der Waals surface area contributed by atoms with Crippen LogP contribution in [-0.2, 0) is 4.79 Å². The summed E-state index contributed by atoms with van der Waals surface area (Å²) in [7, 11) is 0. The number of unbranched alkanes of at least 4 members (excludes halogenated alkanes) is 7. The van der Waals surface area contributed by atoms with Crippen molar-refractivity contribution in [1.29, 1.82) is 0 Å². The number of hydrogen-bond donors (Lipinski definition) is 2. The third-order valence-corrected chi connectivity index (χ3v) is 4.13. The summed E-state index contributed by atoms with van der Waals surface area (Å²) in [6.45, 7) is 2.84. The van der Waals surface area contributed by atoms with Crippen LogP contribution >= 0.6 is 0 Å². The summed E-state index contributed by atoms with van der Waals surface area (Å²) >= 11 is 0. The van der Waals surface area contributed by atoms with Crippen LogP contribution in [0.15, 0.2) is 0 Å². The Kier molecular flexibility index (Phi) is 10.0. The van der Waals surface area contributed by atoms with E-state index in [-0.39, 0.29) is 0 Å². The number of carbonyl (C=O) groups excluding carboxylic acids is 1. The Labute approximate surface area is 118 Å². The summed E-state index contributed by atoms with van der Waals surface area (Å²) in [5, 5.41) is 3.32. The van der Waals surface area contributed by atoms with Crippen LogP contribution in [0.25, 0.3) is 0 Å². The first-order valence-electron chi connectivity index (χ1n) is 8.28. The maximum Gasteiger partial charge on any atom is 0.137 e. The molecule has 1 saturated heterocycles. The third kappa shape index (κ3) is 8.38. The number of carbonyl (C=O) groups is 1. The van der Waals surface area contributed by atoms with Gasteiger partial charge in [-0.3, -0.25) is 4.79 Å². The van der Waals surface area contributed by atoms with E-state index in [1.165, 1.54) is 51.4 Å². The van der Waals surface area contributed by atoms with E-state index in [0.29, 0.717) is 11.7 Å². The Morgan fingerprint density at radius 3 is 2.21 bits per heavy atom. The van der Waals surface area contributed by atoms with Crippen LogP contribution in [0.5, 0.6) is 0 Å². The summed E-state index contributed by atoms with van der Waals surface area (Å²) in [6.07, 6.45) is 13.1. The molecule has 1 aliphatic rings. The molecule has 3 N–H and O–H groups in total. The average Bonchev–Trinajstić information content (AvgIpc) is 2.46. The van der Waals surface area contributed by atoms with E-state index in [1.54, 1.807) is 0 Å². The van der Waals surface area contributed by atoms with Crippen molar-refractivity contribution in [2.24, 2.45) is 11.7 Å². The molecule has 0 aliphatic carbocycles. The first kappa shape index (κ1) is 16.6. The summed E-state index contributed by atoms with van der Waals surface area (Å²) in [5.41, 5.74) is 5.46. The molecule has 1 aliphatic heterocycles. The first-order valence-corrected chi connectivity index (χ1v) is 8.28. The third-order valence-electron chi connectivity index (χ3n) is 4.13. The van der Waals surface area contributed by atoms with Gasteiger partial charge in [0.1, 0.15) is 5.78 Å². The monoisotopic (exact) mass is 268 g/mol. The molecule has 0 aromatic carbocycles. The molecular weight excluding hydrogens is 236 g/mol. The van der Waals surface area contributed by atoms with Crippen molar-refractivity contribution in [2.75, 3.05) is 19.6 Å². The maximum absolute atomic E-state index is 12.0. The average molecular weight is 268 g/mol. The predicted octanol–water partition coefficient (Wildman–Crippen LogP) is 3.02. The Morgan fingerprint density at radius 2 is 1.63 bits per heavy atom. The lowest BCUT2D eigenvalue weighted by molar-refractivity contribution is -0.123. The molecular formula is C16H32N2O. The van der Waals surface area contributed by atoms with Crippen LogP contribution in [0.1, 0.15) is 70.6 Å². The molecule has 0 radical (unpaired) electrons. The van der Waals surface area contributed by atoms with E-state index in [4.69, 9.17) is 5.73 Å². The second kappa shape index (κ2) is 11.4. The van der Waals surface area contributed by atoms with Gasteiger partial charge in [0.2, 0.25) is 0 Å². The number of piperidine rings is 1. The van der Waals surface area contributed by atoms with Crippen molar-refractivity contribution in [3.8, 4) is 0 Å². The molecule has 0 amide bonds. The maximum atomic E-state index is 12.0. The highest BCUT2D eigenvalue weighted by atomic mass is 16.1. The van der Waals surface area contributed by atoms with Gasteiger partial charge >= 0.3 is 0 Å². The largest absolute Gasteiger partial charge is 0.330 e. The molecule has 112 valence electrons. The van der Waals surface area contributed by atoms with Gasteiger partial charge in [-0.1, -0.05) is 38.5 Å². The van der Waals surface area contributed by atoms with Crippen molar-refractivity contribution < 1.29 is 4.79 Å².